The average Bonchev–Trinajstić information content (AvgIpc) is 2.10. The minimum Gasteiger partial charge on any atom is -0.324 e. The highest BCUT2D eigenvalue weighted by atomic mass is 35.5. The van der Waals surface area contributed by atoms with Gasteiger partial charge in [-0.2, -0.15) is 0 Å². The lowest BCUT2D eigenvalue weighted by atomic mass is 10.1. The van der Waals surface area contributed by atoms with E-state index >= 15 is 0 Å². The van der Waals surface area contributed by atoms with Gasteiger partial charge in [-0.05, 0) is 12.1 Å². The van der Waals surface area contributed by atoms with E-state index in [0.717, 1.165) is 12.1 Å². The second-order valence-electron chi connectivity index (χ2n) is 2.37. The van der Waals surface area contributed by atoms with E-state index in [2.05, 4.69) is 0 Å². The van der Waals surface area contributed by atoms with Crippen molar-refractivity contribution in [3.05, 3.63) is 34.4 Å². The van der Waals surface area contributed by atoms with E-state index in [1.807, 2.05) is 0 Å². The third-order valence-electron chi connectivity index (χ3n) is 1.50. The van der Waals surface area contributed by atoms with Crippen molar-refractivity contribution >= 4 is 17.4 Å². The maximum atomic E-state index is 12.9. The second-order valence-corrected chi connectivity index (χ2v) is 2.78. The normalized spacial score (nSPS) is 10.2. The Morgan fingerprint density at radius 3 is 2.54 bits per heavy atom. The molecule has 0 bridgehead atoms. The van der Waals surface area contributed by atoms with Crippen molar-refractivity contribution in [1.29, 1.82) is 0 Å². The fraction of sp³-hybridized carbons (Fsp3) is 0.125. The Bertz CT molecular complexity index is 354. The van der Waals surface area contributed by atoms with Crippen LogP contribution in [0.15, 0.2) is 12.1 Å². The van der Waals surface area contributed by atoms with Crippen LogP contribution in [0, 0.1) is 11.6 Å². The predicted octanol–water partition coefficient (Wildman–Crippen LogP) is 1.76. The molecule has 0 aliphatic heterocycles. The molecule has 0 spiro atoms. The molecule has 0 unspecified atom stereocenters. The molecule has 0 aromatic heterocycles. The van der Waals surface area contributed by atoms with E-state index < -0.39 is 17.4 Å². The van der Waals surface area contributed by atoms with E-state index in [1.54, 1.807) is 0 Å². The Kier molecular flexibility index (Phi) is 2.95. The zero-order chi connectivity index (χ0) is 10.0. The van der Waals surface area contributed by atoms with Crippen LogP contribution in [-0.2, 0) is 0 Å². The monoisotopic (exact) mass is 205 g/mol. The van der Waals surface area contributed by atoms with Gasteiger partial charge >= 0.3 is 0 Å². The molecule has 2 N–H and O–H groups in total. The maximum absolute atomic E-state index is 12.9. The molecule has 70 valence electrons. The van der Waals surface area contributed by atoms with Gasteiger partial charge in [-0.25, -0.2) is 8.78 Å². The van der Waals surface area contributed by atoms with Gasteiger partial charge < -0.3 is 5.73 Å². The summed E-state index contributed by atoms with van der Waals surface area (Å²) in [6, 6.07) is 1.49. The second kappa shape index (κ2) is 3.81. The summed E-state index contributed by atoms with van der Waals surface area (Å²) in [6.07, 6.45) is 0. The molecule has 0 fully saturated rings. The van der Waals surface area contributed by atoms with E-state index in [-0.39, 0.29) is 17.1 Å². The molecule has 1 aromatic rings. The Hall–Kier alpha value is -1.00. The van der Waals surface area contributed by atoms with Crippen molar-refractivity contribution in [3.8, 4) is 0 Å². The molecule has 1 aromatic carbocycles. The van der Waals surface area contributed by atoms with Gasteiger partial charge in [-0.1, -0.05) is 11.6 Å². The van der Waals surface area contributed by atoms with Crippen molar-refractivity contribution in [2.24, 2.45) is 5.73 Å². The summed E-state index contributed by atoms with van der Waals surface area (Å²) in [7, 11) is 0. The number of ketones is 1. The van der Waals surface area contributed by atoms with Crippen molar-refractivity contribution < 1.29 is 13.6 Å². The predicted molar refractivity (Wildman–Crippen MR) is 44.8 cm³/mol. The third-order valence-corrected chi connectivity index (χ3v) is 1.79. The highest BCUT2D eigenvalue weighted by Gasteiger charge is 2.13. The van der Waals surface area contributed by atoms with Crippen LogP contribution in [0.1, 0.15) is 10.4 Å². The number of benzene rings is 1. The van der Waals surface area contributed by atoms with Gasteiger partial charge in [0, 0.05) is 0 Å². The summed E-state index contributed by atoms with van der Waals surface area (Å²) in [4.78, 5) is 10.9. The van der Waals surface area contributed by atoms with Crippen LogP contribution in [0.5, 0.6) is 0 Å². The summed E-state index contributed by atoms with van der Waals surface area (Å²) >= 11 is 5.28. The van der Waals surface area contributed by atoms with Crippen molar-refractivity contribution in [2.45, 2.75) is 0 Å². The fourth-order valence-electron chi connectivity index (χ4n) is 0.846. The molecule has 5 heteroatoms. The highest BCUT2D eigenvalue weighted by Crippen LogP contribution is 2.19. The summed E-state index contributed by atoms with van der Waals surface area (Å²) in [5.74, 6) is -2.35. The SMILES string of the molecule is NCC(=O)c1cc(F)c(Cl)cc1F. The zero-order valence-corrected chi connectivity index (χ0v) is 7.24. The van der Waals surface area contributed by atoms with Crippen molar-refractivity contribution in [3.63, 3.8) is 0 Å². The highest BCUT2D eigenvalue weighted by molar-refractivity contribution is 6.30. The van der Waals surface area contributed by atoms with E-state index in [0.29, 0.717) is 0 Å². The van der Waals surface area contributed by atoms with Gasteiger partial charge in [0.25, 0.3) is 0 Å². The number of hydrogen-bond donors (Lipinski definition) is 1. The molecular weight excluding hydrogens is 200 g/mol. The quantitative estimate of drug-likeness (QED) is 0.591. The Labute approximate surface area is 78.3 Å². The lowest BCUT2D eigenvalue weighted by molar-refractivity contribution is 0.0997. The fourth-order valence-corrected chi connectivity index (χ4v) is 0.997. The van der Waals surface area contributed by atoms with Crippen LogP contribution < -0.4 is 5.73 Å². The summed E-state index contributed by atoms with van der Waals surface area (Å²) in [6.45, 7) is -0.363. The average molecular weight is 206 g/mol. The molecule has 0 aliphatic carbocycles. The number of carbonyl (C=O) groups is 1. The first-order valence-electron chi connectivity index (χ1n) is 3.44. The van der Waals surface area contributed by atoms with Gasteiger partial charge in [0.15, 0.2) is 5.78 Å². The van der Waals surface area contributed by atoms with Gasteiger partial charge in [-0.15, -0.1) is 0 Å². The minimum absolute atomic E-state index is 0.355. The summed E-state index contributed by atoms with van der Waals surface area (Å²) < 4.78 is 25.7. The molecule has 0 amide bonds. The van der Waals surface area contributed by atoms with Gasteiger partial charge in [0.1, 0.15) is 11.6 Å². The Morgan fingerprint density at radius 1 is 1.38 bits per heavy atom. The number of carbonyl (C=O) groups excluding carboxylic acids is 1. The standard InChI is InChI=1S/C8H6ClF2NO/c9-5-2-6(10)4(1-7(5)11)8(13)3-12/h1-2H,3,12H2. The van der Waals surface area contributed by atoms with Gasteiger partial charge in [0.2, 0.25) is 0 Å². The molecule has 2 nitrogen and oxygen atoms in total. The van der Waals surface area contributed by atoms with Crippen LogP contribution in [0.4, 0.5) is 8.78 Å². The molecule has 0 aliphatic rings. The Morgan fingerprint density at radius 2 is 2.00 bits per heavy atom. The first-order valence-corrected chi connectivity index (χ1v) is 3.82. The lowest BCUT2D eigenvalue weighted by Gasteiger charge is -2.01. The molecular formula is C8H6ClF2NO. The van der Waals surface area contributed by atoms with Crippen molar-refractivity contribution in [2.75, 3.05) is 6.54 Å². The molecule has 0 saturated heterocycles. The summed E-state index contributed by atoms with van der Waals surface area (Å²) in [5.41, 5.74) is 4.62. The molecule has 0 radical (unpaired) electrons. The molecule has 1 rings (SSSR count). The van der Waals surface area contributed by atoms with Crippen LogP contribution in [0.3, 0.4) is 0 Å². The van der Waals surface area contributed by atoms with E-state index in [1.165, 1.54) is 0 Å². The molecule has 0 saturated carbocycles. The minimum atomic E-state index is -0.859. The molecule has 0 heterocycles. The van der Waals surface area contributed by atoms with Crippen LogP contribution in [0.25, 0.3) is 0 Å². The lowest BCUT2D eigenvalue weighted by Crippen LogP contribution is -2.15. The van der Waals surface area contributed by atoms with Gasteiger partial charge in [0.05, 0.1) is 17.1 Å². The summed E-state index contributed by atoms with van der Waals surface area (Å²) in [5, 5.41) is -0.355. The van der Waals surface area contributed by atoms with Gasteiger partial charge in [-0.3, -0.25) is 4.79 Å². The Balaban J connectivity index is 3.23. The maximum Gasteiger partial charge on any atom is 0.179 e. The molecule has 13 heavy (non-hydrogen) atoms. The number of Topliss-reactive ketones (excluding diaryl/α,β-unsaturated/α-hetero) is 1. The number of halogens is 3. The number of nitrogens with two attached hydrogens (primary N) is 1. The van der Waals surface area contributed by atoms with E-state index in [4.69, 9.17) is 17.3 Å². The zero-order valence-electron chi connectivity index (χ0n) is 6.48. The largest absolute Gasteiger partial charge is 0.324 e. The number of hydrogen-bond acceptors (Lipinski definition) is 2. The molecule has 0 atom stereocenters. The smallest absolute Gasteiger partial charge is 0.179 e. The topological polar surface area (TPSA) is 43.1 Å². The van der Waals surface area contributed by atoms with Crippen LogP contribution >= 0.6 is 11.6 Å². The number of rotatable bonds is 2. The van der Waals surface area contributed by atoms with Crippen LogP contribution in [-0.4, -0.2) is 12.3 Å². The third kappa shape index (κ3) is 2.02. The van der Waals surface area contributed by atoms with Crippen LogP contribution in [0.2, 0.25) is 5.02 Å². The first kappa shape index (κ1) is 10.1. The van der Waals surface area contributed by atoms with Crippen molar-refractivity contribution in [1.82, 2.24) is 0 Å². The van der Waals surface area contributed by atoms with E-state index in [9.17, 15) is 13.6 Å². The first-order chi connectivity index (χ1) is 6.06.